The van der Waals surface area contributed by atoms with Crippen LogP contribution in [0.3, 0.4) is 0 Å². The van der Waals surface area contributed by atoms with Crippen molar-refractivity contribution >= 4 is 23.1 Å². The molecule has 1 aromatic heterocycles. The Morgan fingerprint density at radius 1 is 1.02 bits per heavy atom. The normalized spacial score (nSPS) is 19.1. The molecular formula is C36H41ClF2N4O4. The molecule has 47 heavy (non-hydrogen) atoms. The van der Waals surface area contributed by atoms with Gasteiger partial charge < -0.3 is 29.7 Å². The summed E-state index contributed by atoms with van der Waals surface area (Å²) in [5.74, 6) is -1.02. The van der Waals surface area contributed by atoms with Gasteiger partial charge in [-0.3, -0.25) is 4.79 Å². The van der Waals surface area contributed by atoms with Gasteiger partial charge in [0.2, 0.25) is 5.88 Å². The van der Waals surface area contributed by atoms with E-state index in [9.17, 15) is 13.6 Å². The minimum absolute atomic E-state index is 0.0738. The Hall–Kier alpha value is -3.57. The molecule has 2 bridgehead atoms. The number of methoxy groups -OCH3 is 1. The van der Waals surface area contributed by atoms with Crippen molar-refractivity contribution in [1.82, 2.24) is 20.5 Å². The van der Waals surface area contributed by atoms with Crippen molar-refractivity contribution < 1.29 is 27.8 Å². The van der Waals surface area contributed by atoms with E-state index in [0.717, 1.165) is 71.3 Å². The van der Waals surface area contributed by atoms with Gasteiger partial charge in [-0.05, 0) is 79.5 Å². The van der Waals surface area contributed by atoms with E-state index in [4.69, 9.17) is 25.8 Å². The molecule has 2 aromatic carbocycles. The minimum atomic E-state index is -0.714. The number of rotatable bonds is 14. The van der Waals surface area contributed by atoms with Crippen molar-refractivity contribution in [3.05, 3.63) is 93.1 Å². The van der Waals surface area contributed by atoms with Crippen LogP contribution < -0.4 is 20.1 Å². The number of ether oxygens (including phenoxy) is 3. The maximum absolute atomic E-state index is 14.6. The molecule has 1 saturated heterocycles. The summed E-state index contributed by atoms with van der Waals surface area (Å²) >= 11 is 5.88. The average Bonchev–Trinajstić information content (AvgIpc) is 3.92. The zero-order chi connectivity index (χ0) is 32.9. The number of halogens is 3. The van der Waals surface area contributed by atoms with Crippen molar-refractivity contribution in [3.63, 3.8) is 0 Å². The summed E-state index contributed by atoms with van der Waals surface area (Å²) in [7, 11) is 1.64. The van der Waals surface area contributed by atoms with Crippen molar-refractivity contribution in [2.45, 2.75) is 63.7 Å². The Morgan fingerprint density at radius 2 is 1.81 bits per heavy atom. The molecule has 1 aliphatic carbocycles. The van der Waals surface area contributed by atoms with Crippen LogP contribution in [-0.2, 0) is 22.5 Å². The number of fused-ring (bicyclic) bond motifs is 2. The van der Waals surface area contributed by atoms with Crippen molar-refractivity contribution in [2.75, 3.05) is 40.0 Å². The fraction of sp³-hybridized carbons (Fsp3) is 0.444. The molecule has 3 aromatic rings. The van der Waals surface area contributed by atoms with Crippen LogP contribution in [-0.4, -0.2) is 73.9 Å². The summed E-state index contributed by atoms with van der Waals surface area (Å²) in [5.41, 5.74) is 6.01. The SMILES string of the molecule is COCCOc1nccc(CN(C(=O)C2=C(c3ccc(CCCOc4c(F)ccc(F)c4Cl)cc3)CC3CNCC2N3)C2CC2)c1C. The third kappa shape index (κ3) is 7.78. The van der Waals surface area contributed by atoms with Crippen LogP contribution >= 0.6 is 11.6 Å². The van der Waals surface area contributed by atoms with E-state index in [-0.39, 0.29) is 41.4 Å². The molecule has 250 valence electrons. The molecule has 2 aliphatic heterocycles. The second kappa shape index (κ2) is 15.1. The summed E-state index contributed by atoms with van der Waals surface area (Å²) in [5, 5.41) is 6.86. The highest BCUT2D eigenvalue weighted by Gasteiger charge is 2.41. The lowest BCUT2D eigenvalue weighted by molar-refractivity contribution is -0.128. The topological polar surface area (TPSA) is 85.0 Å². The van der Waals surface area contributed by atoms with E-state index in [1.807, 2.05) is 17.9 Å². The number of piperazine rings is 1. The molecule has 11 heteroatoms. The molecule has 2 fully saturated rings. The van der Waals surface area contributed by atoms with Gasteiger partial charge in [-0.2, -0.15) is 0 Å². The minimum Gasteiger partial charge on any atom is -0.489 e. The van der Waals surface area contributed by atoms with Gasteiger partial charge in [0.05, 0.1) is 19.3 Å². The second-order valence-electron chi connectivity index (χ2n) is 12.4. The van der Waals surface area contributed by atoms with Crippen molar-refractivity contribution in [3.8, 4) is 11.6 Å². The van der Waals surface area contributed by atoms with Gasteiger partial charge in [-0.25, -0.2) is 13.8 Å². The van der Waals surface area contributed by atoms with Gasteiger partial charge >= 0.3 is 0 Å². The first-order valence-electron chi connectivity index (χ1n) is 16.3. The zero-order valence-corrected chi connectivity index (χ0v) is 27.5. The Kier molecular flexibility index (Phi) is 10.7. The van der Waals surface area contributed by atoms with E-state index in [0.29, 0.717) is 45.0 Å². The zero-order valence-electron chi connectivity index (χ0n) is 26.8. The van der Waals surface area contributed by atoms with Gasteiger partial charge in [0, 0.05) is 56.2 Å². The second-order valence-corrected chi connectivity index (χ2v) is 12.8. The summed E-state index contributed by atoms with van der Waals surface area (Å²) in [6.45, 7) is 5.11. The fourth-order valence-electron chi connectivity index (χ4n) is 6.39. The first kappa shape index (κ1) is 33.3. The molecule has 2 N–H and O–H groups in total. The summed E-state index contributed by atoms with van der Waals surface area (Å²) in [6.07, 6.45) is 5.76. The van der Waals surface area contributed by atoms with Crippen LogP contribution in [0.25, 0.3) is 5.57 Å². The number of nitrogens with one attached hydrogen (secondary N) is 2. The summed E-state index contributed by atoms with van der Waals surface area (Å²) < 4.78 is 44.2. The lowest BCUT2D eigenvalue weighted by Crippen LogP contribution is -2.60. The van der Waals surface area contributed by atoms with Crippen molar-refractivity contribution in [1.29, 1.82) is 0 Å². The molecule has 2 atom stereocenters. The van der Waals surface area contributed by atoms with Crippen LogP contribution in [0, 0.1) is 18.6 Å². The molecule has 0 spiro atoms. The number of hydrogen-bond acceptors (Lipinski definition) is 7. The molecule has 8 nitrogen and oxygen atoms in total. The van der Waals surface area contributed by atoms with Crippen LogP contribution in [0.15, 0.2) is 54.2 Å². The maximum atomic E-state index is 14.6. The highest BCUT2D eigenvalue weighted by molar-refractivity contribution is 6.32. The highest BCUT2D eigenvalue weighted by atomic mass is 35.5. The first-order valence-corrected chi connectivity index (χ1v) is 16.6. The monoisotopic (exact) mass is 666 g/mol. The van der Waals surface area contributed by atoms with Gasteiger partial charge in [0.15, 0.2) is 11.6 Å². The van der Waals surface area contributed by atoms with Gasteiger partial charge in [-0.1, -0.05) is 35.9 Å². The molecule has 3 aliphatic rings. The van der Waals surface area contributed by atoms with E-state index < -0.39 is 11.6 Å². The van der Waals surface area contributed by atoms with E-state index >= 15 is 0 Å². The number of carbonyl (C=O) groups is 1. The first-order chi connectivity index (χ1) is 22.8. The maximum Gasteiger partial charge on any atom is 0.252 e. The van der Waals surface area contributed by atoms with Crippen LogP contribution in [0.1, 0.15) is 47.9 Å². The number of hydrogen-bond donors (Lipinski definition) is 2. The fourth-order valence-corrected chi connectivity index (χ4v) is 6.59. The third-order valence-corrected chi connectivity index (χ3v) is 9.43. The van der Waals surface area contributed by atoms with Gasteiger partial charge in [0.25, 0.3) is 5.91 Å². The lowest BCUT2D eigenvalue weighted by Gasteiger charge is -2.41. The van der Waals surface area contributed by atoms with Gasteiger partial charge in [-0.15, -0.1) is 0 Å². The van der Waals surface area contributed by atoms with E-state index in [1.54, 1.807) is 13.3 Å². The lowest BCUT2D eigenvalue weighted by atomic mass is 9.83. The summed E-state index contributed by atoms with van der Waals surface area (Å²) in [4.78, 5) is 21.0. The van der Waals surface area contributed by atoms with Crippen LogP contribution in [0.2, 0.25) is 5.02 Å². The Labute approximate surface area is 279 Å². The van der Waals surface area contributed by atoms with E-state index in [1.165, 1.54) is 0 Å². The van der Waals surface area contributed by atoms with E-state index in [2.05, 4.69) is 39.9 Å². The molecule has 6 rings (SSSR count). The highest BCUT2D eigenvalue weighted by Crippen LogP contribution is 2.37. The molecule has 2 unspecified atom stereocenters. The number of aromatic nitrogens is 1. The predicted molar refractivity (Wildman–Crippen MR) is 177 cm³/mol. The average molecular weight is 667 g/mol. The predicted octanol–water partition coefficient (Wildman–Crippen LogP) is 5.64. The largest absolute Gasteiger partial charge is 0.489 e. The molecule has 1 saturated carbocycles. The molecular weight excluding hydrogens is 626 g/mol. The molecule has 3 heterocycles. The third-order valence-electron chi connectivity index (χ3n) is 9.08. The Balaban J connectivity index is 1.19. The number of amides is 1. The Morgan fingerprint density at radius 3 is 2.57 bits per heavy atom. The Bertz CT molecular complexity index is 1620. The quantitative estimate of drug-likeness (QED) is 0.170. The molecule has 0 radical (unpaired) electrons. The number of carbonyl (C=O) groups excluding carboxylic acids is 1. The standard InChI is InChI=1S/C36H41ClF2N4O4/c1-22-25(13-14-41-35(22)47-17-16-45-2)21-43(27-9-10-27)36(44)32-28(18-26-19-40-20-31(32)42-26)24-7-5-23(6-8-24)4-3-15-46-34-30(39)12-11-29(38)33(34)37/h5-8,11-14,26-27,31,40,42H,3-4,9-10,15-21H2,1-2H3. The summed E-state index contributed by atoms with van der Waals surface area (Å²) in [6, 6.07) is 12.7. The smallest absolute Gasteiger partial charge is 0.252 e. The van der Waals surface area contributed by atoms with Gasteiger partial charge in [0.1, 0.15) is 17.4 Å². The van der Waals surface area contributed by atoms with Crippen molar-refractivity contribution in [2.24, 2.45) is 0 Å². The number of pyridine rings is 1. The van der Waals surface area contributed by atoms with Crippen LogP contribution in [0.4, 0.5) is 8.78 Å². The van der Waals surface area contributed by atoms with Crippen LogP contribution in [0.5, 0.6) is 11.6 Å². The number of nitrogens with zero attached hydrogens (tertiary/aromatic N) is 2. The molecule has 1 amide bonds. The number of aryl methyl sites for hydroxylation is 1. The number of benzene rings is 2.